The molecule has 112 valence electrons. The molecule has 0 unspecified atom stereocenters. The van der Waals surface area contributed by atoms with Gasteiger partial charge in [-0.3, -0.25) is 4.99 Å². The smallest absolute Gasteiger partial charge is 0.127 e. The van der Waals surface area contributed by atoms with E-state index in [1.807, 2.05) is 12.1 Å². The topological polar surface area (TPSA) is 21.6 Å². The molecule has 21 heavy (non-hydrogen) atoms. The number of ether oxygens (including phenoxy) is 1. The maximum Gasteiger partial charge on any atom is 0.127 e. The van der Waals surface area contributed by atoms with E-state index in [9.17, 15) is 0 Å². The fraction of sp³-hybridized carbons (Fsp3) is 0.611. The number of methoxy groups -OCH3 is 1. The minimum absolute atomic E-state index is 0.238. The predicted molar refractivity (Wildman–Crippen MR) is 89.2 cm³/mol. The minimum atomic E-state index is 0.238. The van der Waals surface area contributed by atoms with Crippen molar-refractivity contribution in [3.63, 3.8) is 0 Å². The highest BCUT2D eigenvalue weighted by atomic mass is 79.9. The number of rotatable bonds is 3. The maximum atomic E-state index is 5.46. The van der Waals surface area contributed by atoms with E-state index >= 15 is 0 Å². The Morgan fingerprint density at radius 2 is 1.76 bits per heavy atom. The summed E-state index contributed by atoms with van der Waals surface area (Å²) in [6.45, 7) is 0. The van der Waals surface area contributed by atoms with Gasteiger partial charge in [0.15, 0.2) is 0 Å². The molecule has 4 aliphatic rings. The lowest BCUT2D eigenvalue weighted by molar-refractivity contribution is 0.00194. The third-order valence-electron chi connectivity index (χ3n) is 5.68. The van der Waals surface area contributed by atoms with Crippen molar-refractivity contribution < 1.29 is 4.74 Å². The van der Waals surface area contributed by atoms with Gasteiger partial charge in [-0.15, -0.1) is 0 Å². The molecular weight excluding hydrogens is 326 g/mol. The molecule has 4 fully saturated rings. The van der Waals surface area contributed by atoms with Crippen molar-refractivity contribution in [3.05, 3.63) is 28.2 Å². The molecule has 0 radical (unpaired) electrons. The Bertz CT molecular complexity index is 545. The molecule has 4 saturated carbocycles. The highest BCUT2D eigenvalue weighted by molar-refractivity contribution is 9.10. The van der Waals surface area contributed by atoms with E-state index in [0.717, 1.165) is 33.5 Å². The standard InChI is InChI=1S/C18H22BrNO/c1-21-17-3-2-16(19)7-15(17)11-20-18-8-12-4-13(9-18)6-14(5-12)10-18/h2-3,7,11-14H,4-6,8-10H2,1H3. The zero-order valence-corrected chi connectivity index (χ0v) is 14.1. The van der Waals surface area contributed by atoms with Gasteiger partial charge in [-0.2, -0.15) is 0 Å². The second-order valence-electron chi connectivity index (χ2n) is 7.29. The minimum Gasteiger partial charge on any atom is -0.496 e. The van der Waals surface area contributed by atoms with Crippen molar-refractivity contribution in [2.45, 2.75) is 44.1 Å². The lowest BCUT2D eigenvalue weighted by Crippen LogP contribution is -2.49. The maximum absolute atomic E-state index is 5.46. The van der Waals surface area contributed by atoms with Gasteiger partial charge >= 0.3 is 0 Å². The van der Waals surface area contributed by atoms with Crippen molar-refractivity contribution in [1.29, 1.82) is 0 Å². The number of hydrogen-bond donors (Lipinski definition) is 0. The van der Waals surface area contributed by atoms with Gasteiger partial charge in [-0.25, -0.2) is 0 Å². The van der Waals surface area contributed by atoms with Crippen LogP contribution in [0.5, 0.6) is 5.75 Å². The number of benzene rings is 1. The monoisotopic (exact) mass is 347 g/mol. The molecule has 4 bridgehead atoms. The summed E-state index contributed by atoms with van der Waals surface area (Å²) in [5, 5.41) is 0. The first-order valence-electron chi connectivity index (χ1n) is 8.04. The Balaban J connectivity index is 1.62. The average Bonchev–Trinajstić information content (AvgIpc) is 2.44. The van der Waals surface area contributed by atoms with Crippen LogP contribution in [0.2, 0.25) is 0 Å². The van der Waals surface area contributed by atoms with Crippen LogP contribution in [0.4, 0.5) is 0 Å². The molecule has 0 aromatic heterocycles. The van der Waals surface area contributed by atoms with E-state index < -0.39 is 0 Å². The van der Waals surface area contributed by atoms with Crippen LogP contribution in [0.25, 0.3) is 0 Å². The molecule has 0 aliphatic heterocycles. The molecule has 1 aromatic rings. The lowest BCUT2D eigenvalue weighted by Gasteiger charge is -2.55. The molecular formula is C18H22BrNO. The summed E-state index contributed by atoms with van der Waals surface area (Å²) < 4.78 is 6.54. The Kier molecular flexibility index (Phi) is 3.36. The SMILES string of the molecule is COc1ccc(Br)cc1C=NC12CC3CC(CC(C3)C1)C2. The zero-order chi connectivity index (χ0) is 14.4. The van der Waals surface area contributed by atoms with Gasteiger partial charge in [0.2, 0.25) is 0 Å². The van der Waals surface area contributed by atoms with Crippen LogP contribution in [0.15, 0.2) is 27.7 Å². The summed E-state index contributed by atoms with van der Waals surface area (Å²) in [5.74, 6) is 3.74. The van der Waals surface area contributed by atoms with Crippen LogP contribution < -0.4 is 4.74 Å². The van der Waals surface area contributed by atoms with E-state index in [2.05, 4.69) is 28.2 Å². The molecule has 0 amide bonds. The van der Waals surface area contributed by atoms with E-state index in [4.69, 9.17) is 9.73 Å². The van der Waals surface area contributed by atoms with Crippen molar-refractivity contribution in [3.8, 4) is 5.75 Å². The summed E-state index contributed by atoms with van der Waals surface area (Å²) in [6.07, 6.45) is 10.4. The highest BCUT2D eigenvalue weighted by Gasteiger charge is 2.50. The first-order valence-corrected chi connectivity index (χ1v) is 8.84. The summed E-state index contributed by atoms with van der Waals surface area (Å²) in [7, 11) is 1.73. The van der Waals surface area contributed by atoms with E-state index in [1.165, 1.54) is 38.5 Å². The molecule has 3 heteroatoms. The third kappa shape index (κ3) is 2.54. The van der Waals surface area contributed by atoms with Crippen LogP contribution in [0.1, 0.15) is 44.1 Å². The van der Waals surface area contributed by atoms with Crippen molar-refractivity contribution >= 4 is 22.1 Å². The van der Waals surface area contributed by atoms with Gasteiger partial charge < -0.3 is 4.74 Å². The summed E-state index contributed by atoms with van der Waals surface area (Å²) in [6, 6.07) is 6.12. The first kappa shape index (κ1) is 13.8. The van der Waals surface area contributed by atoms with Crippen LogP contribution in [0.3, 0.4) is 0 Å². The molecule has 0 saturated heterocycles. The summed E-state index contributed by atoms with van der Waals surface area (Å²) in [4.78, 5) is 5.11. The Morgan fingerprint density at radius 3 is 2.33 bits per heavy atom. The van der Waals surface area contributed by atoms with Gasteiger partial charge in [0.25, 0.3) is 0 Å². The number of aliphatic imine (C=N–C) groups is 1. The fourth-order valence-electron chi connectivity index (χ4n) is 5.24. The van der Waals surface area contributed by atoms with Gasteiger partial charge in [-0.1, -0.05) is 15.9 Å². The Labute approximate surface area is 135 Å². The first-order chi connectivity index (χ1) is 10.2. The lowest BCUT2D eigenvalue weighted by atomic mass is 9.53. The molecule has 0 atom stereocenters. The second-order valence-corrected chi connectivity index (χ2v) is 8.20. The molecule has 4 aliphatic carbocycles. The molecule has 1 aromatic carbocycles. The van der Waals surface area contributed by atoms with Crippen LogP contribution in [0, 0.1) is 17.8 Å². The van der Waals surface area contributed by atoms with Crippen molar-refractivity contribution in [2.75, 3.05) is 7.11 Å². The normalized spacial score (nSPS) is 37.3. The molecule has 0 N–H and O–H groups in total. The summed E-state index contributed by atoms with van der Waals surface area (Å²) in [5.41, 5.74) is 1.32. The van der Waals surface area contributed by atoms with E-state index in [0.29, 0.717) is 0 Å². The number of nitrogens with zero attached hydrogens (tertiary/aromatic N) is 1. The average molecular weight is 348 g/mol. The Hall–Kier alpha value is -0.830. The number of halogens is 1. The largest absolute Gasteiger partial charge is 0.496 e. The van der Waals surface area contributed by atoms with E-state index in [-0.39, 0.29) is 5.54 Å². The van der Waals surface area contributed by atoms with E-state index in [1.54, 1.807) is 7.11 Å². The fourth-order valence-corrected chi connectivity index (χ4v) is 5.61. The molecule has 0 spiro atoms. The number of hydrogen-bond acceptors (Lipinski definition) is 2. The van der Waals surface area contributed by atoms with Crippen LogP contribution >= 0.6 is 15.9 Å². The van der Waals surface area contributed by atoms with Gasteiger partial charge in [0.05, 0.1) is 12.6 Å². The molecule has 0 heterocycles. The third-order valence-corrected chi connectivity index (χ3v) is 6.17. The van der Waals surface area contributed by atoms with Crippen LogP contribution in [-0.4, -0.2) is 18.9 Å². The van der Waals surface area contributed by atoms with Crippen molar-refractivity contribution in [1.82, 2.24) is 0 Å². The van der Waals surface area contributed by atoms with Gasteiger partial charge in [0, 0.05) is 16.3 Å². The highest BCUT2D eigenvalue weighted by Crippen LogP contribution is 2.57. The Morgan fingerprint density at radius 1 is 1.14 bits per heavy atom. The summed E-state index contributed by atoms with van der Waals surface area (Å²) >= 11 is 3.54. The quantitative estimate of drug-likeness (QED) is 0.716. The molecule has 2 nitrogen and oxygen atoms in total. The molecule has 5 rings (SSSR count). The second kappa shape index (κ2) is 5.12. The van der Waals surface area contributed by atoms with Crippen LogP contribution in [-0.2, 0) is 0 Å². The van der Waals surface area contributed by atoms with Gasteiger partial charge in [0.1, 0.15) is 5.75 Å². The van der Waals surface area contributed by atoms with Gasteiger partial charge in [-0.05, 0) is 74.5 Å². The predicted octanol–water partition coefficient (Wildman–Crippen LogP) is 4.85. The zero-order valence-electron chi connectivity index (χ0n) is 12.5. The van der Waals surface area contributed by atoms with Crippen molar-refractivity contribution in [2.24, 2.45) is 22.7 Å².